The van der Waals surface area contributed by atoms with Gasteiger partial charge in [0.1, 0.15) is 11.6 Å². The van der Waals surface area contributed by atoms with Gasteiger partial charge in [0.2, 0.25) is 10.0 Å². The molecule has 1 aliphatic heterocycles. The summed E-state index contributed by atoms with van der Waals surface area (Å²) in [6, 6.07) is 11.9. The van der Waals surface area contributed by atoms with Gasteiger partial charge < -0.3 is 5.43 Å². The Hall–Kier alpha value is -3.18. The minimum Gasteiger partial charge on any atom is -0.301 e. The highest BCUT2D eigenvalue weighted by molar-refractivity contribution is 7.89. The number of anilines is 1. The zero-order valence-corrected chi connectivity index (χ0v) is 22.0. The van der Waals surface area contributed by atoms with E-state index in [1.165, 1.54) is 30.3 Å². The number of fused-ring (bicyclic) bond motifs is 1. The van der Waals surface area contributed by atoms with Crippen LogP contribution in [0.2, 0.25) is 0 Å². The van der Waals surface area contributed by atoms with Crippen molar-refractivity contribution in [1.82, 2.24) is 9.73 Å². The predicted molar refractivity (Wildman–Crippen MR) is 139 cm³/mol. The maximum atomic E-state index is 14.2. The highest BCUT2D eigenvalue weighted by Gasteiger charge is 2.42. The summed E-state index contributed by atoms with van der Waals surface area (Å²) in [7, 11) is -4.69. The fourth-order valence-electron chi connectivity index (χ4n) is 5.74. The van der Waals surface area contributed by atoms with E-state index in [2.05, 4.69) is 5.43 Å². The number of sulfonamides is 1. The number of nitrogens with one attached hydrogen (secondary N) is 1. The van der Waals surface area contributed by atoms with Gasteiger partial charge in [-0.2, -0.15) is 13.2 Å². The Balaban J connectivity index is 1.41. The Morgan fingerprint density at radius 3 is 2.49 bits per heavy atom. The van der Waals surface area contributed by atoms with Gasteiger partial charge in [-0.25, -0.2) is 21.5 Å². The standard InChI is InChI=1S/C28H28F5N3O2S/c1-18-24-15-34-36(23-10-8-22(29)9-11-23)26(24)14-20-6-7-21(27(18)20)16-35(39(37,38)17-28(31,32)33)13-12-19-4-2-3-5-25(19)30/h2-5,8-11,14-15,18,21,34H,6-7,12-13,16-17H2,1H3/t18-,21-/m0/s1. The summed E-state index contributed by atoms with van der Waals surface area (Å²) in [4.78, 5) is 0. The van der Waals surface area contributed by atoms with Crippen LogP contribution in [0.1, 0.15) is 25.3 Å². The van der Waals surface area contributed by atoms with Crippen LogP contribution in [-0.4, -0.2) is 37.7 Å². The molecule has 2 atom stereocenters. The summed E-state index contributed by atoms with van der Waals surface area (Å²) < 4.78 is 94.0. The molecule has 11 heteroatoms. The molecule has 2 aliphatic carbocycles. The quantitative estimate of drug-likeness (QED) is 0.408. The Labute approximate surface area is 224 Å². The molecule has 0 saturated heterocycles. The molecule has 208 valence electrons. The van der Waals surface area contributed by atoms with Crippen LogP contribution < -0.4 is 10.4 Å². The number of hydrogen-bond donors (Lipinski definition) is 1. The number of alkyl halides is 3. The van der Waals surface area contributed by atoms with E-state index in [-0.39, 0.29) is 42.7 Å². The Morgan fingerprint density at radius 1 is 1.08 bits per heavy atom. The third-order valence-electron chi connectivity index (χ3n) is 7.54. The van der Waals surface area contributed by atoms with Crippen LogP contribution >= 0.6 is 0 Å². The van der Waals surface area contributed by atoms with Gasteiger partial charge in [0.15, 0.2) is 5.75 Å². The summed E-state index contributed by atoms with van der Waals surface area (Å²) in [5, 5.41) is 1.84. The monoisotopic (exact) mass is 565 g/mol. The van der Waals surface area contributed by atoms with Crippen molar-refractivity contribution in [2.75, 3.05) is 23.9 Å². The normalized spacial score (nSPS) is 21.1. The zero-order chi connectivity index (χ0) is 27.9. The molecule has 0 spiro atoms. The minimum atomic E-state index is -4.89. The summed E-state index contributed by atoms with van der Waals surface area (Å²) >= 11 is 0. The van der Waals surface area contributed by atoms with Crippen molar-refractivity contribution >= 4 is 15.7 Å². The maximum absolute atomic E-state index is 14.2. The second kappa shape index (κ2) is 10.4. The second-order valence-electron chi connectivity index (χ2n) is 10.1. The predicted octanol–water partition coefficient (Wildman–Crippen LogP) is 5.85. The van der Waals surface area contributed by atoms with Gasteiger partial charge in [-0.05, 0) is 72.7 Å². The van der Waals surface area contributed by atoms with E-state index < -0.39 is 27.8 Å². The SMILES string of the molecule is C[C@H]1C2=CNN(c3ccc(F)cc3)C2=CC2=C1[C@H](CN(CCc1ccccc1F)S(=O)(=O)CC(F)(F)F)CC2. The molecule has 39 heavy (non-hydrogen) atoms. The first-order chi connectivity index (χ1) is 18.4. The summed E-state index contributed by atoms with van der Waals surface area (Å²) in [5.41, 5.74) is 8.07. The number of halogens is 5. The molecule has 3 aliphatic rings. The number of benzene rings is 2. The number of nitrogens with zero attached hydrogens (tertiary/aromatic N) is 2. The van der Waals surface area contributed by atoms with Gasteiger partial charge in [-0.3, -0.25) is 5.01 Å². The van der Waals surface area contributed by atoms with Crippen LogP contribution in [0.25, 0.3) is 0 Å². The van der Waals surface area contributed by atoms with Gasteiger partial charge in [0, 0.05) is 30.8 Å². The number of hydrogen-bond acceptors (Lipinski definition) is 4. The molecular formula is C28H28F5N3O2S. The third-order valence-corrected chi connectivity index (χ3v) is 9.35. The van der Waals surface area contributed by atoms with Crippen LogP contribution in [0.15, 0.2) is 83.2 Å². The van der Waals surface area contributed by atoms with Gasteiger partial charge in [-0.15, -0.1) is 0 Å². The first-order valence-electron chi connectivity index (χ1n) is 12.7. The first kappa shape index (κ1) is 27.4. The fourth-order valence-corrected chi connectivity index (χ4v) is 7.11. The molecule has 0 bridgehead atoms. The average Bonchev–Trinajstić information content (AvgIpc) is 3.46. The largest absolute Gasteiger partial charge is 0.404 e. The molecule has 0 aromatic heterocycles. The lowest BCUT2D eigenvalue weighted by Crippen LogP contribution is -2.42. The van der Waals surface area contributed by atoms with E-state index in [1.807, 2.05) is 24.2 Å². The van der Waals surface area contributed by atoms with Crippen LogP contribution in [0.5, 0.6) is 0 Å². The summed E-state index contributed by atoms with van der Waals surface area (Å²) in [5.74, 6) is -3.22. The topological polar surface area (TPSA) is 52.6 Å². The molecule has 2 aromatic rings. The Bertz CT molecular complexity index is 1450. The van der Waals surface area contributed by atoms with Crippen LogP contribution in [-0.2, 0) is 16.4 Å². The lowest BCUT2D eigenvalue weighted by atomic mass is 9.80. The molecule has 2 aromatic carbocycles. The highest BCUT2D eigenvalue weighted by Crippen LogP contribution is 2.48. The van der Waals surface area contributed by atoms with E-state index in [9.17, 15) is 30.4 Å². The molecule has 0 radical (unpaired) electrons. The molecule has 5 nitrogen and oxygen atoms in total. The minimum absolute atomic E-state index is 0.0380. The van der Waals surface area contributed by atoms with Crippen molar-refractivity contribution in [3.8, 4) is 0 Å². The number of allylic oxidation sites excluding steroid dienone is 3. The Morgan fingerprint density at radius 2 is 1.79 bits per heavy atom. The van der Waals surface area contributed by atoms with E-state index in [0.717, 1.165) is 32.4 Å². The Kier molecular flexibility index (Phi) is 7.32. The van der Waals surface area contributed by atoms with Crippen molar-refractivity contribution < 1.29 is 30.4 Å². The smallest absolute Gasteiger partial charge is 0.301 e. The van der Waals surface area contributed by atoms with Crippen molar-refractivity contribution in [2.24, 2.45) is 11.8 Å². The van der Waals surface area contributed by atoms with Crippen molar-refractivity contribution in [3.63, 3.8) is 0 Å². The van der Waals surface area contributed by atoms with E-state index in [0.29, 0.717) is 12.8 Å². The number of rotatable bonds is 8. The molecule has 0 saturated carbocycles. The van der Waals surface area contributed by atoms with E-state index >= 15 is 0 Å². The zero-order valence-electron chi connectivity index (χ0n) is 21.2. The fraction of sp³-hybridized carbons (Fsp3) is 0.357. The molecule has 1 heterocycles. The molecule has 0 amide bonds. The lowest BCUT2D eigenvalue weighted by Gasteiger charge is -2.32. The molecule has 5 rings (SSSR count). The lowest BCUT2D eigenvalue weighted by molar-refractivity contribution is -0.107. The summed E-state index contributed by atoms with van der Waals surface area (Å²) in [6.07, 6.45) is 0.166. The molecule has 0 fully saturated rings. The van der Waals surface area contributed by atoms with Crippen molar-refractivity contribution in [2.45, 2.75) is 32.4 Å². The van der Waals surface area contributed by atoms with Crippen LogP contribution in [0, 0.1) is 23.5 Å². The molecule has 1 N–H and O–H groups in total. The van der Waals surface area contributed by atoms with Crippen molar-refractivity contribution in [3.05, 3.63) is 100 Å². The average molecular weight is 566 g/mol. The highest BCUT2D eigenvalue weighted by atomic mass is 32.2. The third kappa shape index (κ3) is 5.74. The van der Waals surface area contributed by atoms with Crippen LogP contribution in [0.3, 0.4) is 0 Å². The second-order valence-corrected chi connectivity index (χ2v) is 12.0. The molecular weight excluding hydrogens is 537 g/mol. The summed E-state index contributed by atoms with van der Waals surface area (Å²) in [6.45, 7) is 1.63. The van der Waals surface area contributed by atoms with Gasteiger partial charge in [0.25, 0.3) is 0 Å². The number of hydrazine groups is 1. The van der Waals surface area contributed by atoms with Gasteiger partial charge in [-0.1, -0.05) is 30.7 Å². The van der Waals surface area contributed by atoms with Crippen LogP contribution in [0.4, 0.5) is 27.6 Å². The molecule has 0 unspecified atom stereocenters. The van der Waals surface area contributed by atoms with Gasteiger partial charge in [0.05, 0.1) is 11.4 Å². The van der Waals surface area contributed by atoms with Crippen molar-refractivity contribution in [1.29, 1.82) is 0 Å². The van der Waals surface area contributed by atoms with E-state index in [1.54, 1.807) is 18.2 Å². The van der Waals surface area contributed by atoms with E-state index in [4.69, 9.17) is 0 Å². The maximum Gasteiger partial charge on any atom is 0.404 e. The first-order valence-corrected chi connectivity index (χ1v) is 14.3. The van der Waals surface area contributed by atoms with Gasteiger partial charge >= 0.3 is 6.18 Å².